The summed E-state index contributed by atoms with van der Waals surface area (Å²) in [5.74, 6) is -0.911. The smallest absolute Gasteiger partial charge is 0.335 e. The maximum absolute atomic E-state index is 10.7. The summed E-state index contributed by atoms with van der Waals surface area (Å²) in [6, 6.07) is 5.11. The Bertz CT molecular complexity index is 345. The third-order valence-electron chi connectivity index (χ3n) is 1.58. The summed E-state index contributed by atoms with van der Waals surface area (Å²) in [4.78, 5) is 10.7. The van der Waals surface area contributed by atoms with Gasteiger partial charge < -0.3 is 5.11 Å². The molecule has 0 saturated heterocycles. The molecule has 0 aliphatic heterocycles. The van der Waals surface area contributed by atoms with E-state index in [1.54, 1.807) is 18.2 Å². The fourth-order valence-corrected chi connectivity index (χ4v) is 1.60. The molecule has 1 rings (SSSR count). The number of aromatic carboxylic acids is 1. The Kier molecular flexibility index (Phi) is 3.25. The number of allylic oxidation sites excluding steroid dienone is 1. The van der Waals surface area contributed by atoms with Crippen LogP contribution in [0.15, 0.2) is 35.3 Å². The Labute approximate surface area is 85.0 Å². The van der Waals surface area contributed by atoms with Crippen LogP contribution in [0.3, 0.4) is 0 Å². The Morgan fingerprint density at radius 3 is 2.77 bits per heavy atom. The van der Waals surface area contributed by atoms with E-state index in [4.69, 9.17) is 5.11 Å². The monoisotopic (exact) mass is 240 g/mol. The van der Waals surface area contributed by atoms with Gasteiger partial charge in [0.05, 0.1) is 5.56 Å². The molecule has 68 valence electrons. The van der Waals surface area contributed by atoms with E-state index in [-0.39, 0.29) is 0 Å². The molecule has 0 bridgehead atoms. The van der Waals surface area contributed by atoms with Crippen LogP contribution in [0.4, 0.5) is 0 Å². The van der Waals surface area contributed by atoms with E-state index in [9.17, 15) is 4.79 Å². The van der Waals surface area contributed by atoms with E-state index >= 15 is 0 Å². The first-order valence-electron chi connectivity index (χ1n) is 3.77. The first-order valence-corrected chi connectivity index (χ1v) is 4.56. The van der Waals surface area contributed by atoms with Gasteiger partial charge in [0, 0.05) is 4.47 Å². The summed E-state index contributed by atoms with van der Waals surface area (Å²) in [5, 5.41) is 8.76. The number of carboxylic acid groups (broad SMARTS) is 1. The number of halogens is 1. The van der Waals surface area contributed by atoms with Crippen LogP contribution in [0.25, 0.3) is 0 Å². The summed E-state index contributed by atoms with van der Waals surface area (Å²) in [5.41, 5.74) is 1.24. The van der Waals surface area contributed by atoms with Crippen molar-refractivity contribution < 1.29 is 9.90 Å². The second-order valence-corrected chi connectivity index (χ2v) is 3.56. The van der Waals surface area contributed by atoms with Crippen molar-refractivity contribution in [3.05, 3.63) is 46.5 Å². The van der Waals surface area contributed by atoms with Gasteiger partial charge in [-0.05, 0) is 30.2 Å². The molecular weight excluding hydrogens is 232 g/mol. The maximum atomic E-state index is 10.7. The molecule has 0 atom stereocenters. The number of rotatable bonds is 3. The molecule has 13 heavy (non-hydrogen) atoms. The predicted octanol–water partition coefficient (Wildman–Crippen LogP) is 2.88. The topological polar surface area (TPSA) is 37.3 Å². The van der Waals surface area contributed by atoms with Gasteiger partial charge in [-0.25, -0.2) is 4.79 Å². The summed E-state index contributed by atoms with van der Waals surface area (Å²) < 4.78 is 0.782. The quantitative estimate of drug-likeness (QED) is 0.826. The average Bonchev–Trinajstić information content (AvgIpc) is 2.03. The third-order valence-corrected chi connectivity index (χ3v) is 2.04. The fraction of sp³-hybridized carbons (Fsp3) is 0.100. The highest BCUT2D eigenvalue weighted by Gasteiger charge is 2.04. The Balaban J connectivity index is 3.10. The molecule has 1 aromatic carbocycles. The van der Waals surface area contributed by atoms with Gasteiger partial charge in [0.2, 0.25) is 0 Å². The standard InChI is InChI=1S/C10H9BrO2/c1-2-3-7-4-8(10(12)13)6-9(11)5-7/h2,4-6H,1,3H2,(H,12,13). The molecule has 1 N–H and O–H groups in total. The fourth-order valence-electron chi connectivity index (χ4n) is 1.06. The molecule has 0 amide bonds. The lowest BCUT2D eigenvalue weighted by molar-refractivity contribution is 0.0696. The minimum atomic E-state index is -0.911. The van der Waals surface area contributed by atoms with Gasteiger partial charge in [0.25, 0.3) is 0 Å². The molecular formula is C10H9BrO2. The van der Waals surface area contributed by atoms with Crippen molar-refractivity contribution in [2.75, 3.05) is 0 Å². The zero-order chi connectivity index (χ0) is 9.84. The number of carbonyl (C=O) groups is 1. The molecule has 0 aromatic heterocycles. The van der Waals surface area contributed by atoms with Crippen LogP contribution < -0.4 is 0 Å². The highest BCUT2D eigenvalue weighted by atomic mass is 79.9. The Morgan fingerprint density at radius 1 is 1.54 bits per heavy atom. The Hall–Kier alpha value is -1.09. The number of carboxylic acids is 1. The van der Waals surface area contributed by atoms with E-state index in [0.29, 0.717) is 12.0 Å². The van der Waals surface area contributed by atoms with Crippen LogP contribution in [0.1, 0.15) is 15.9 Å². The van der Waals surface area contributed by atoms with Crippen molar-refractivity contribution in [3.8, 4) is 0 Å². The van der Waals surface area contributed by atoms with Crippen LogP contribution >= 0.6 is 15.9 Å². The summed E-state index contributed by atoms with van der Waals surface area (Å²) in [6.45, 7) is 3.60. The second-order valence-electron chi connectivity index (χ2n) is 2.65. The molecule has 0 spiro atoms. The number of hydrogen-bond acceptors (Lipinski definition) is 1. The largest absolute Gasteiger partial charge is 0.478 e. The average molecular weight is 241 g/mol. The van der Waals surface area contributed by atoms with Crippen molar-refractivity contribution in [3.63, 3.8) is 0 Å². The van der Waals surface area contributed by atoms with Crippen LogP contribution in [-0.2, 0) is 6.42 Å². The van der Waals surface area contributed by atoms with E-state index in [1.165, 1.54) is 0 Å². The van der Waals surface area contributed by atoms with Gasteiger partial charge in [-0.3, -0.25) is 0 Å². The number of benzene rings is 1. The van der Waals surface area contributed by atoms with Gasteiger partial charge in [0.1, 0.15) is 0 Å². The van der Waals surface area contributed by atoms with Gasteiger partial charge in [-0.15, -0.1) is 6.58 Å². The molecule has 0 fully saturated rings. The summed E-state index contributed by atoms with van der Waals surface area (Å²) in [7, 11) is 0. The first-order chi connectivity index (χ1) is 6.13. The van der Waals surface area contributed by atoms with E-state index in [0.717, 1.165) is 10.0 Å². The van der Waals surface area contributed by atoms with Gasteiger partial charge in [0.15, 0.2) is 0 Å². The summed E-state index contributed by atoms with van der Waals surface area (Å²) in [6.07, 6.45) is 2.42. The SMILES string of the molecule is C=CCc1cc(Br)cc(C(=O)O)c1. The summed E-state index contributed by atoms with van der Waals surface area (Å²) >= 11 is 3.25. The minimum Gasteiger partial charge on any atom is -0.478 e. The molecule has 0 aliphatic rings. The van der Waals surface area contributed by atoms with Crippen LogP contribution in [0, 0.1) is 0 Å². The zero-order valence-electron chi connectivity index (χ0n) is 6.96. The molecule has 0 aliphatic carbocycles. The van der Waals surface area contributed by atoms with Crippen molar-refractivity contribution in [1.29, 1.82) is 0 Å². The zero-order valence-corrected chi connectivity index (χ0v) is 8.54. The number of hydrogen-bond donors (Lipinski definition) is 1. The molecule has 1 aromatic rings. The van der Waals surface area contributed by atoms with Gasteiger partial charge in [-0.1, -0.05) is 22.0 Å². The molecule has 0 saturated carbocycles. The molecule has 3 heteroatoms. The normalized spacial score (nSPS) is 9.62. The van der Waals surface area contributed by atoms with Crippen molar-refractivity contribution in [1.82, 2.24) is 0 Å². The molecule has 2 nitrogen and oxygen atoms in total. The van der Waals surface area contributed by atoms with Crippen LogP contribution in [-0.4, -0.2) is 11.1 Å². The predicted molar refractivity (Wildman–Crippen MR) is 55.0 cm³/mol. The maximum Gasteiger partial charge on any atom is 0.335 e. The van der Waals surface area contributed by atoms with Crippen LogP contribution in [0.5, 0.6) is 0 Å². The third kappa shape index (κ3) is 2.70. The first kappa shape index (κ1) is 9.99. The van der Waals surface area contributed by atoms with Crippen molar-refractivity contribution in [2.45, 2.75) is 6.42 Å². The van der Waals surface area contributed by atoms with Crippen LogP contribution in [0.2, 0.25) is 0 Å². The van der Waals surface area contributed by atoms with E-state index in [1.807, 2.05) is 6.07 Å². The lowest BCUT2D eigenvalue weighted by Crippen LogP contribution is -1.97. The van der Waals surface area contributed by atoms with Gasteiger partial charge in [-0.2, -0.15) is 0 Å². The van der Waals surface area contributed by atoms with Gasteiger partial charge >= 0.3 is 5.97 Å². The lowest BCUT2D eigenvalue weighted by atomic mass is 10.1. The highest BCUT2D eigenvalue weighted by Crippen LogP contribution is 2.16. The van der Waals surface area contributed by atoms with Crippen molar-refractivity contribution in [2.24, 2.45) is 0 Å². The molecule has 0 unspecified atom stereocenters. The highest BCUT2D eigenvalue weighted by molar-refractivity contribution is 9.10. The Morgan fingerprint density at radius 2 is 2.23 bits per heavy atom. The van der Waals surface area contributed by atoms with E-state index < -0.39 is 5.97 Å². The minimum absolute atomic E-state index is 0.297. The lowest BCUT2D eigenvalue weighted by Gasteiger charge is -2.00. The van der Waals surface area contributed by atoms with Crippen molar-refractivity contribution >= 4 is 21.9 Å². The van der Waals surface area contributed by atoms with E-state index in [2.05, 4.69) is 22.5 Å². The second kappa shape index (κ2) is 4.23. The molecule has 0 radical (unpaired) electrons. The molecule has 0 heterocycles.